The summed E-state index contributed by atoms with van der Waals surface area (Å²) < 4.78 is 4.94. The second-order valence-corrected chi connectivity index (χ2v) is 4.49. The molecule has 0 atom stereocenters. The van der Waals surface area contributed by atoms with Gasteiger partial charge in [0.2, 0.25) is 0 Å². The minimum atomic E-state index is -0.531. The third-order valence-corrected chi connectivity index (χ3v) is 3.08. The molecule has 1 amide bonds. The van der Waals surface area contributed by atoms with Crippen LogP contribution >= 0.6 is 0 Å². The Morgan fingerprint density at radius 2 is 2.00 bits per heavy atom. The van der Waals surface area contributed by atoms with E-state index < -0.39 is 5.76 Å². The maximum Gasteiger partial charge on any atom is 0.417 e. The normalized spacial score (nSPS) is 10.7. The quantitative estimate of drug-likeness (QED) is 0.750. The molecule has 0 radical (unpaired) electrons. The summed E-state index contributed by atoms with van der Waals surface area (Å²) in [4.78, 5) is 25.8. The first-order valence-electron chi connectivity index (χ1n) is 6.13. The second kappa shape index (κ2) is 4.70. The highest BCUT2D eigenvalue weighted by atomic mass is 16.4. The molecule has 0 unspecified atom stereocenters. The fourth-order valence-corrected chi connectivity index (χ4v) is 1.99. The van der Waals surface area contributed by atoms with Crippen LogP contribution in [0.2, 0.25) is 0 Å². The van der Waals surface area contributed by atoms with Crippen LogP contribution in [0.1, 0.15) is 15.9 Å². The number of aromatic amines is 1. The molecule has 2 aromatic carbocycles. The van der Waals surface area contributed by atoms with E-state index in [-0.39, 0.29) is 5.91 Å². The van der Waals surface area contributed by atoms with Crippen molar-refractivity contribution in [1.29, 1.82) is 0 Å². The number of hydrogen-bond donors (Lipinski definition) is 2. The van der Waals surface area contributed by atoms with Crippen LogP contribution in [-0.4, -0.2) is 10.9 Å². The van der Waals surface area contributed by atoms with Gasteiger partial charge in [-0.15, -0.1) is 0 Å². The highest BCUT2D eigenvalue weighted by molar-refractivity contribution is 6.06. The van der Waals surface area contributed by atoms with E-state index in [9.17, 15) is 9.59 Å². The minimum Gasteiger partial charge on any atom is -0.408 e. The summed E-state index contributed by atoms with van der Waals surface area (Å²) in [6.45, 7) is 1.92. The summed E-state index contributed by atoms with van der Waals surface area (Å²) >= 11 is 0. The van der Waals surface area contributed by atoms with Crippen LogP contribution in [0.3, 0.4) is 0 Å². The number of nitrogens with one attached hydrogen (secondary N) is 2. The number of H-pyrrole nitrogens is 1. The van der Waals surface area contributed by atoms with Gasteiger partial charge in [0.15, 0.2) is 5.58 Å². The van der Waals surface area contributed by atoms with Crippen molar-refractivity contribution in [2.75, 3.05) is 5.32 Å². The zero-order valence-electron chi connectivity index (χ0n) is 10.8. The zero-order valence-corrected chi connectivity index (χ0v) is 10.8. The number of aryl methyl sites for hydroxylation is 1. The van der Waals surface area contributed by atoms with Crippen molar-refractivity contribution in [1.82, 2.24) is 4.98 Å². The topological polar surface area (TPSA) is 75.1 Å². The summed E-state index contributed by atoms with van der Waals surface area (Å²) in [5, 5.41) is 2.83. The zero-order chi connectivity index (χ0) is 14.1. The van der Waals surface area contributed by atoms with Gasteiger partial charge in [0.25, 0.3) is 5.91 Å². The number of anilines is 1. The highest BCUT2D eigenvalue weighted by Crippen LogP contribution is 2.17. The van der Waals surface area contributed by atoms with Gasteiger partial charge in [0.1, 0.15) is 0 Å². The Morgan fingerprint density at radius 3 is 2.80 bits per heavy atom. The van der Waals surface area contributed by atoms with Crippen LogP contribution in [-0.2, 0) is 0 Å². The lowest BCUT2D eigenvalue weighted by atomic mass is 10.1. The lowest BCUT2D eigenvalue weighted by molar-refractivity contribution is 0.102. The molecule has 0 aliphatic rings. The van der Waals surface area contributed by atoms with Gasteiger partial charge in [0.05, 0.1) is 5.52 Å². The number of carbonyl (C=O) groups excluding carboxylic acids is 1. The predicted molar refractivity (Wildman–Crippen MR) is 76.0 cm³/mol. The SMILES string of the molecule is Cc1ccccc1NC(=O)c1ccc2[nH]c(=O)oc2c1. The summed E-state index contributed by atoms with van der Waals surface area (Å²) in [5.74, 6) is -0.776. The van der Waals surface area contributed by atoms with Gasteiger partial charge in [-0.3, -0.25) is 9.78 Å². The number of aromatic nitrogens is 1. The molecule has 1 aromatic heterocycles. The van der Waals surface area contributed by atoms with Crippen molar-refractivity contribution in [2.45, 2.75) is 6.92 Å². The number of para-hydroxylation sites is 1. The Labute approximate surface area is 114 Å². The summed E-state index contributed by atoms with van der Waals surface area (Å²) in [5.41, 5.74) is 3.11. The molecule has 0 spiro atoms. The number of rotatable bonds is 2. The average Bonchev–Trinajstić information content (AvgIpc) is 2.80. The molecule has 0 bridgehead atoms. The average molecular weight is 268 g/mol. The van der Waals surface area contributed by atoms with Crippen LogP contribution in [0.15, 0.2) is 51.7 Å². The first kappa shape index (κ1) is 12.2. The van der Waals surface area contributed by atoms with Gasteiger partial charge < -0.3 is 9.73 Å². The van der Waals surface area contributed by atoms with Gasteiger partial charge >= 0.3 is 5.76 Å². The van der Waals surface area contributed by atoms with Crippen LogP contribution < -0.4 is 11.1 Å². The molecule has 3 rings (SSSR count). The van der Waals surface area contributed by atoms with Crippen molar-refractivity contribution >= 4 is 22.7 Å². The Morgan fingerprint density at radius 1 is 1.20 bits per heavy atom. The van der Waals surface area contributed by atoms with Crippen LogP contribution in [0.4, 0.5) is 5.69 Å². The van der Waals surface area contributed by atoms with E-state index in [1.54, 1.807) is 18.2 Å². The Balaban J connectivity index is 1.92. The standard InChI is InChI=1S/C15H12N2O3/c1-9-4-2-3-5-11(9)16-14(18)10-6-7-12-13(8-10)20-15(19)17-12/h2-8H,1H3,(H,16,18)(H,17,19). The van der Waals surface area contributed by atoms with E-state index in [0.29, 0.717) is 16.7 Å². The Bertz CT molecular complexity index is 845. The molecule has 20 heavy (non-hydrogen) atoms. The number of oxazole rings is 1. The number of benzene rings is 2. The van der Waals surface area contributed by atoms with E-state index in [4.69, 9.17) is 4.42 Å². The molecule has 0 aliphatic heterocycles. The van der Waals surface area contributed by atoms with Gasteiger partial charge in [-0.2, -0.15) is 0 Å². The smallest absolute Gasteiger partial charge is 0.408 e. The first-order chi connectivity index (χ1) is 9.63. The third-order valence-electron chi connectivity index (χ3n) is 3.08. The molecule has 5 nitrogen and oxygen atoms in total. The highest BCUT2D eigenvalue weighted by Gasteiger charge is 2.10. The maximum atomic E-state index is 12.2. The first-order valence-corrected chi connectivity index (χ1v) is 6.13. The fraction of sp³-hybridized carbons (Fsp3) is 0.0667. The molecule has 1 heterocycles. The molecule has 0 saturated heterocycles. The number of hydrogen-bond acceptors (Lipinski definition) is 3. The van der Waals surface area contributed by atoms with Gasteiger partial charge in [0, 0.05) is 11.3 Å². The van der Waals surface area contributed by atoms with E-state index in [1.165, 1.54) is 0 Å². The summed E-state index contributed by atoms with van der Waals surface area (Å²) in [6.07, 6.45) is 0. The van der Waals surface area contributed by atoms with E-state index in [0.717, 1.165) is 11.3 Å². The van der Waals surface area contributed by atoms with Crippen molar-refractivity contribution in [3.63, 3.8) is 0 Å². The molecule has 5 heteroatoms. The van der Waals surface area contributed by atoms with Crippen molar-refractivity contribution in [3.05, 3.63) is 64.1 Å². The lowest BCUT2D eigenvalue weighted by Crippen LogP contribution is -2.12. The molecule has 3 aromatic rings. The summed E-state index contributed by atoms with van der Waals surface area (Å²) in [6, 6.07) is 12.4. The van der Waals surface area contributed by atoms with Gasteiger partial charge in [-0.25, -0.2) is 4.79 Å². The van der Waals surface area contributed by atoms with E-state index in [2.05, 4.69) is 10.3 Å². The molecular weight excluding hydrogens is 256 g/mol. The maximum absolute atomic E-state index is 12.2. The van der Waals surface area contributed by atoms with Crippen molar-refractivity contribution in [3.8, 4) is 0 Å². The second-order valence-electron chi connectivity index (χ2n) is 4.49. The molecule has 100 valence electrons. The molecule has 0 fully saturated rings. The summed E-state index contributed by atoms with van der Waals surface area (Å²) in [7, 11) is 0. The number of amides is 1. The van der Waals surface area contributed by atoms with Crippen LogP contribution in [0.25, 0.3) is 11.1 Å². The molecule has 2 N–H and O–H groups in total. The van der Waals surface area contributed by atoms with E-state index in [1.807, 2.05) is 31.2 Å². The van der Waals surface area contributed by atoms with Crippen LogP contribution in [0, 0.1) is 6.92 Å². The van der Waals surface area contributed by atoms with Crippen LogP contribution in [0.5, 0.6) is 0 Å². The van der Waals surface area contributed by atoms with E-state index >= 15 is 0 Å². The Hall–Kier alpha value is -2.82. The molecule has 0 aliphatic carbocycles. The number of carbonyl (C=O) groups is 1. The van der Waals surface area contributed by atoms with Gasteiger partial charge in [-0.05, 0) is 36.8 Å². The molecular formula is C15H12N2O3. The number of fused-ring (bicyclic) bond motifs is 1. The lowest BCUT2D eigenvalue weighted by Gasteiger charge is -2.07. The Kier molecular flexibility index (Phi) is 2.87. The van der Waals surface area contributed by atoms with Gasteiger partial charge in [-0.1, -0.05) is 18.2 Å². The molecule has 0 saturated carbocycles. The largest absolute Gasteiger partial charge is 0.417 e. The monoisotopic (exact) mass is 268 g/mol. The minimum absolute atomic E-state index is 0.245. The predicted octanol–water partition coefficient (Wildman–Crippen LogP) is 2.68. The van der Waals surface area contributed by atoms with Crippen molar-refractivity contribution in [2.24, 2.45) is 0 Å². The third kappa shape index (κ3) is 2.21. The van der Waals surface area contributed by atoms with Crippen molar-refractivity contribution < 1.29 is 9.21 Å². The fourth-order valence-electron chi connectivity index (χ4n) is 1.99.